The number of hydrogen-bond donors (Lipinski definition) is 1. The Morgan fingerprint density at radius 2 is 2.00 bits per heavy atom. The fourth-order valence-corrected chi connectivity index (χ4v) is 1.27. The molecular formula is C10H13F2N. The minimum absolute atomic E-state index is 0.419. The Kier molecular flexibility index (Phi) is 3.37. The van der Waals surface area contributed by atoms with Gasteiger partial charge in [0, 0.05) is 0 Å². The second-order valence-corrected chi connectivity index (χ2v) is 3.11. The molecule has 0 atom stereocenters. The van der Waals surface area contributed by atoms with Crippen LogP contribution >= 0.6 is 0 Å². The predicted octanol–water partition coefficient (Wildman–Crippen LogP) is 2.16. The molecule has 0 aliphatic rings. The highest BCUT2D eigenvalue weighted by molar-refractivity contribution is 5.25. The van der Waals surface area contributed by atoms with Crippen LogP contribution in [-0.2, 0) is 6.42 Å². The van der Waals surface area contributed by atoms with Crippen LogP contribution in [0.25, 0.3) is 0 Å². The van der Waals surface area contributed by atoms with Crippen molar-refractivity contribution >= 4 is 0 Å². The topological polar surface area (TPSA) is 26.0 Å². The second-order valence-electron chi connectivity index (χ2n) is 3.11. The fraction of sp³-hybridized carbons (Fsp3) is 0.400. The Bertz CT molecular complexity index is 297. The van der Waals surface area contributed by atoms with E-state index in [2.05, 4.69) is 0 Å². The van der Waals surface area contributed by atoms with Crippen LogP contribution in [0.15, 0.2) is 12.1 Å². The molecule has 72 valence electrons. The van der Waals surface area contributed by atoms with Crippen LogP contribution in [0.5, 0.6) is 0 Å². The van der Waals surface area contributed by atoms with Crippen LogP contribution in [0.3, 0.4) is 0 Å². The third kappa shape index (κ3) is 2.49. The fourth-order valence-electron chi connectivity index (χ4n) is 1.27. The van der Waals surface area contributed by atoms with Gasteiger partial charge in [0.05, 0.1) is 0 Å². The van der Waals surface area contributed by atoms with E-state index in [1.807, 2.05) is 0 Å². The first kappa shape index (κ1) is 10.1. The normalized spacial score (nSPS) is 10.5. The number of benzene rings is 1. The van der Waals surface area contributed by atoms with Crippen molar-refractivity contribution in [1.29, 1.82) is 0 Å². The Balaban J connectivity index is 2.92. The zero-order chi connectivity index (χ0) is 9.84. The number of nitrogens with two attached hydrogens (primary N) is 1. The molecular weight excluding hydrogens is 172 g/mol. The summed E-state index contributed by atoms with van der Waals surface area (Å²) >= 11 is 0. The summed E-state index contributed by atoms with van der Waals surface area (Å²) in [6.07, 6.45) is 1.18. The maximum atomic E-state index is 13.1. The molecule has 0 spiro atoms. The highest BCUT2D eigenvalue weighted by Crippen LogP contribution is 2.15. The highest BCUT2D eigenvalue weighted by Gasteiger charge is 2.08. The van der Waals surface area contributed by atoms with Crippen LogP contribution in [0.1, 0.15) is 17.5 Å². The first-order valence-electron chi connectivity index (χ1n) is 4.29. The van der Waals surface area contributed by atoms with Gasteiger partial charge in [0.15, 0.2) is 11.6 Å². The molecule has 13 heavy (non-hydrogen) atoms. The van der Waals surface area contributed by atoms with Gasteiger partial charge in [-0.1, -0.05) is 6.07 Å². The van der Waals surface area contributed by atoms with Gasteiger partial charge >= 0.3 is 0 Å². The molecule has 0 radical (unpaired) electrons. The number of halogens is 2. The van der Waals surface area contributed by atoms with Crippen LogP contribution in [-0.4, -0.2) is 6.54 Å². The molecule has 1 nitrogen and oxygen atoms in total. The van der Waals surface area contributed by atoms with Crippen LogP contribution < -0.4 is 5.73 Å². The van der Waals surface area contributed by atoms with Crippen molar-refractivity contribution in [2.24, 2.45) is 5.73 Å². The van der Waals surface area contributed by atoms with Gasteiger partial charge in [-0.15, -0.1) is 0 Å². The quantitative estimate of drug-likeness (QED) is 0.767. The minimum Gasteiger partial charge on any atom is -0.330 e. The smallest absolute Gasteiger partial charge is 0.162 e. The number of hydrogen-bond acceptors (Lipinski definition) is 1. The summed E-state index contributed by atoms with van der Waals surface area (Å²) in [5.41, 5.74) is 6.45. The number of aryl methyl sites for hydroxylation is 2. The molecule has 0 bridgehead atoms. The van der Waals surface area contributed by atoms with E-state index >= 15 is 0 Å². The molecule has 0 heterocycles. The third-order valence-electron chi connectivity index (χ3n) is 1.90. The van der Waals surface area contributed by atoms with Crippen LogP contribution in [0.2, 0.25) is 0 Å². The van der Waals surface area contributed by atoms with E-state index in [-0.39, 0.29) is 0 Å². The summed E-state index contributed by atoms with van der Waals surface area (Å²) < 4.78 is 26.0. The van der Waals surface area contributed by atoms with E-state index in [0.29, 0.717) is 24.9 Å². The van der Waals surface area contributed by atoms with Crippen molar-refractivity contribution in [2.45, 2.75) is 19.8 Å². The summed E-state index contributed by atoms with van der Waals surface area (Å²) in [6.45, 7) is 2.24. The van der Waals surface area contributed by atoms with Gasteiger partial charge < -0.3 is 5.73 Å². The van der Waals surface area contributed by atoms with Gasteiger partial charge in [-0.3, -0.25) is 0 Å². The lowest BCUT2D eigenvalue weighted by Crippen LogP contribution is -2.03. The standard InChI is InChI=1S/C10H13F2N/c1-7-5-8(3-2-4-13)10(12)9(11)6-7/h5-6H,2-4,13H2,1H3. The maximum Gasteiger partial charge on any atom is 0.162 e. The lowest BCUT2D eigenvalue weighted by atomic mass is 10.1. The zero-order valence-corrected chi connectivity index (χ0v) is 7.61. The molecule has 0 fully saturated rings. The zero-order valence-electron chi connectivity index (χ0n) is 7.61. The summed E-state index contributed by atoms with van der Waals surface area (Å²) in [6, 6.07) is 2.86. The molecule has 0 aliphatic heterocycles. The predicted molar refractivity (Wildman–Crippen MR) is 48.5 cm³/mol. The molecule has 1 aromatic carbocycles. The molecule has 0 aromatic heterocycles. The van der Waals surface area contributed by atoms with E-state index in [4.69, 9.17) is 5.73 Å². The van der Waals surface area contributed by atoms with E-state index in [9.17, 15) is 8.78 Å². The third-order valence-corrected chi connectivity index (χ3v) is 1.90. The second kappa shape index (κ2) is 4.33. The summed E-state index contributed by atoms with van der Waals surface area (Å²) in [5.74, 6) is -1.51. The molecule has 0 amide bonds. The average molecular weight is 185 g/mol. The Morgan fingerprint density at radius 1 is 1.31 bits per heavy atom. The molecule has 1 aromatic rings. The summed E-state index contributed by atoms with van der Waals surface area (Å²) in [7, 11) is 0. The first-order valence-corrected chi connectivity index (χ1v) is 4.29. The van der Waals surface area contributed by atoms with Gasteiger partial charge in [-0.2, -0.15) is 0 Å². The van der Waals surface area contributed by atoms with Crippen molar-refractivity contribution in [1.82, 2.24) is 0 Å². The van der Waals surface area contributed by atoms with Crippen molar-refractivity contribution in [2.75, 3.05) is 6.54 Å². The first-order chi connectivity index (χ1) is 6.15. The van der Waals surface area contributed by atoms with Gasteiger partial charge in [0.1, 0.15) is 0 Å². The highest BCUT2D eigenvalue weighted by atomic mass is 19.2. The van der Waals surface area contributed by atoms with E-state index in [1.54, 1.807) is 13.0 Å². The minimum atomic E-state index is -0.771. The Morgan fingerprint density at radius 3 is 2.62 bits per heavy atom. The Labute approximate surface area is 76.6 Å². The van der Waals surface area contributed by atoms with E-state index < -0.39 is 11.6 Å². The lowest BCUT2D eigenvalue weighted by molar-refractivity contribution is 0.496. The number of rotatable bonds is 3. The van der Waals surface area contributed by atoms with E-state index in [1.165, 1.54) is 6.07 Å². The molecule has 2 N–H and O–H groups in total. The van der Waals surface area contributed by atoms with Gasteiger partial charge in [0.25, 0.3) is 0 Å². The van der Waals surface area contributed by atoms with E-state index in [0.717, 1.165) is 5.56 Å². The Hall–Kier alpha value is -0.960. The van der Waals surface area contributed by atoms with Crippen LogP contribution in [0, 0.1) is 18.6 Å². The largest absolute Gasteiger partial charge is 0.330 e. The average Bonchev–Trinajstić information content (AvgIpc) is 2.09. The van der Waals surface area contributed by atoms with Crippen LogP contribution in [0.4, 0.5) is 8.78 Å². The van der Waals surface area contributed by atoms with Gasteiger partial charge in [0.2, 0.25) is 0 Å². The molecule has 0 saturated heterocycles. The summed E-state index contributed by atoms with van der Waals surface area (Å²) in [5, 5.41) is 0. The van der Waals surface area contributed by atoms with Crippen molar-refractivity contribution < 1.29 is 8.78 Å². The van der Waals surface area contributed by atoms with Gasteiger partial charge in [-0.25, -0.2) is 8.78 Å². The van der Waals surface area contributed by atoms with Crippen molar-refractivity contribution in [3.63, 3.8) is 0 Å². The SMILES string of the molecule is Cc1cc(F)c(F)c(CCCN)c1. The van der Waals surface area contributed by atoms with Crippen molar-refractivity contribution in [3.05, 3.63) is 34.9 Å². The molecule has 0 aliphatic carbocycles. The maximum absolute atomic E-state index is 13.1. The van der Waals surface area contributed by atoms with Crippen molar-refractivity contribution in [3.8, 4) is 0 Å². The monoisotopic (exact) mass is 185 g/mol. The molecule has 0 unspecified atom stereocenters. The molecule has 1 rings (SSSR count). The summed E-state index contributed by atoms with van der Waals surface area (Å²) in [4.78, 5) is 0. The lowest BCUT2D eigenvalue weighted by Gasteiger charge is -2.04. The van der Waals surface area contributed by atoms with Gasteiger partial charge in [-0.05, 0) is 43.5 Å². The molecule has 0 saturated carbocycles. The molecule has 3 heteroatoms.